The minimum absolute atomic E-state index is 0.0405. The van der Waals surface area contributed by atoms with Gasteiger partial charge in [0.2, 0.25) is 5.88 Å². The molecule has 0 saturated heterocycles. The molecule has 1 aromatic rings. The van der Waals surface area contributed by atoms with Gasteiger partial charge < -0.3 is 9.84 Å². The molecule has 0 aromatic carbocycles. The predicted octanol–water partition coefficient (Wildman–Crippen LogP) is 0.574. The zero-order valence-corrected chi connectivity index (χ0v) is 8.56. The van der Waals surface area contributed by atoms with Crippen LogP contribution in [0.1, 0.15) is 5.56 Å². The van der Waals surface area contributed by atoms with Crippen LogP contribution < -0.4 is 10.2 Å². The van der Waals surface area contributed by atoms with Crippen molar-refractivity contribution in [3.63, 3.8) is 0 Å². The molecule has 5 nitrogen and oxygen atoms in total. The van der Waals surface area contributed by atoms with Gasteiger partial charge >= 0.3 is 0 Å². The minimum atomic E-state index is -0.0405. The van der Waals surface area contributed by atoms with Crippen molar-refractivity contribution in [2.45, 2.75) is 0 Å². The van der Waals surface area contributed by atoms with E-state index in [0.717, 1.165) is 5.56 Å². The molecule has 82 valence electrons. The topological polar surface area (TPSA) is 63.6 Å². The van der Waals surface area contributed by atoms with E-state index < -0.39 is 0 Å². The molecule has 0 aliphatic heterocycles. The van der Waals surface area contributed by atoms with E-state index in [9.17, 15) is 0 Å². The van der Waals surface area contributed by atoms with Crippen molar-refractivity contribution < 1.29 is 14.7 Å². The number of nitrogens with zero attached hydrogens (tertiary/aromatic N) is 1. The molecule has 0 aliphatic carbocycles. The average molecular weight is 210 g/mol. The van der Waals surface area contributed by atoms with Crippen molar-refractivity contribution in [1.29, 1.82) is 0 Å². The van der Waals surface area contributed by atoms with Gasteiger partial charge in [-0.25, -0.2) is 4.98 Å². The predicted molar refractivity (Wildman–Crippen MR) is 56.0 cm³/mol. The quantitative estimate of drug-likeness (QED) is 0.531. The van der Waals surface area contributed by atoms with Crippen LogP contribution in [-0.4, -0.2) is 30.4 Å². The molecule has 0 amide bonds. The van der Waals surface area contributed by atoms with Crippen LogP contribution in [0, 0.1) is 0 Å². The molecule has 2 N–H and O–H groups in total. The number of hydrogen-bond acceptors (Lipinski definition) is 5. The van der Waals surface area contributed by atoms with Crippen LogP contribution in [0.3, 0.4) is 0 Å². The number of methoxy groups -OCH3 is 1. The summed E-state index contributed by atoms with van der Waals surface area (Å²) >= 11 is 0. The maximum absolute atomic E-state index is 8.49. The first kappa shape index (κ1) is 11.5. The van der Waals surface area contributed by atoms with Gasteiger partial charge in [-0.05, 0) is 6.07 Å². The molecular weight excluding hydrogens is 196 g/mol. The second-order valence-electron chi connectivity index (χ2n) is 2.74. The highest BCUT2D eigenvalue weighted by atomic mass is 16.6. The molecule has 1 heterocycles. The summed E-state index contributed by atoms with van der Waals surface area (Å²) in [7, 11) is 1.55. The highest BCUT2D eigenvalue weighted by Gasteiger charge is 1.99. The van der Waals surface area contributed by atoms with Gasteiger partial charge in [-0.2, -0.15) is 0 Å². The Morgan fingerprint density at radius 2 is 2.40 bits per heavy atom. The summed E-state index contributed by atoms with van der Waals surface area (Å²) < 4.78 is 4.92. The Morgan fingerprint density at radius 1 is 1.60 bits per heavy atom. The first-order valence-corrected chi connectivity index (χ1v) is 4.46. The fourth-order valence-corrected chi connectivity index (χ4v) is 0.922. The number of nitrogens with one attached hydrogen (secondary N) is 1. The zero-order valence-electron chi connectivity index (χ0n) is 8.56. The maximum atomic E-state index is 8.49. The Hall–Kier alpha value is -1.59. The molecule has 0 radical (unpaired) electrons. The van der Waals surface area contributed by atoms with Crippen LogP contribution in [0.15, 0.2) is 24.9 Å². The average Bonchev–Trinajstić information content (AvgIpc) is 2.29. The minimum Gasteiger partial charge on any atom is -0.481 e. The summed E-state index contributed by atoms with van der Waals surface area (Å²) in [5, 5.41) is 8.49. The molecule has 0 aliphatic rings. The lowest BCUT2D eigenvalue weighted by molar-refractivity contribution is 0.0481. The van der Waals surface area contributed by atoms with Crippen LogP contribution in [0.5, 0.6) is 5.88 Å². The van der Waals surface area contributed by atoms with Crippen molar-refractivity contribution in [2.24, 2.45) is 0 Å². The largest absolute Gasteiger partial charge is 0.481 e. The normalized spacial score (nSPS) is 9.73. The molecule has 1 rings (SSSR count). The highest BCUT2D eigenvalue weighted by molar-refractivity contribution is 5.59. The standard InChI is InChI=1S/C10H14N2O3/c1-8(12-15-6-5-13)9-3-4-10(14-2)11-7-9/h3-4,7,12-13H,1,5-6H2,2H3. The van der Waals surface area contributed by atoms with Crippen molar-refractivity contribution >= 4 is 5.70 Å². The second-order valence-corrected chi connectivity index (χ2v) is 2.74. The first-order chi connectivity index (χ1) is 7.27. The Balaban J connectivity index is 2.50. The van der Waals surface area contributed by atoms with Gasteiger partial charge in [0, 0.05) is 17.8 Å². The van der Waals surface area contributed by atoms with Crippen LogP contribution in [0.25, 0.3) is 5.70 Å². The number of rotatable bonds is 6. The third-order valence-electron chi connectivity index (χ3n) is 1.68. The molecule has 1 aromatic heterocycles. The number of aliphatic hydroxyl groups is 1. The smallest absolute Gasteiger partial charge is 0.212 e. The van der Waals surface area contributed by atoms with Gasteiger partial charge in [0.25, 0.3) is 0 Å². The Labute approximate surface area is 88.3 Å². The number of aliphatic hydroxyl groups excluding tert-OH is 1. The molecular formula is C10H14N2O3. The third-order valence-corrected chi connectivity index (χ3v) is 1.68. The maximum Gasteiger partial charge on any atom is 0.212 e. The Kier molecular flexibility index (Phi) is 4.59. The van der Waals surface area contributed by atoms with Crippen molar-refractivity contribution in [2.75, 3.05) is 20.3 Å². The van der Waals surface area contributed by atoms with Crippen LogP contribution in [0.2, 0.25) is 0 Å². The fourth-order valence-electron chi connectivity index (χ4n) is 0.922. The second kappa shape index (κ2) is 6.00. The Morgan fingerprint density at radius 3 is 2.93 bits per heavy atom. The molecule has 5 heteroatoms. The lowest BCUT2D eigenvalue weighted by atomic mass is 10.2. The van der Waals surface area contributed by atoms with E-state index in [1.165, 1.54) is 0 Å². The lowest BCUT2D eigenvalue weighted by Gasteiger charge is -2.08. The van der Waals surface area contributed by atoms with Gasteiger partial charge in [0.05, 0.1) is 26.0 Å². The van der Waals surface area contributed by atoms with Gasteiger partial charge in [-0.1, -0.05) is 6.58 Å². The summed E-state index contributed by atoms with van der Waals surface area (Å²) in [6.45, 7) is 3.92. The molecule has 15 heavy (non-hydrogen) atoms. The van der Waals surface area contributed by atoms with Crippen LogP contribution in [0.4, 0.5) is 0 Å². The first-order valence-electron chi connectivity index (χ1n) is 4.46. The fraction of sp³-hybridized carbons (Fsp3) is 0.300. The molecule has 0 spiro atoms. The number of aromatic nitrogens is 1. The van der Waals surface area contributed by atoms with Gasteiger partial charge in [0.15, 0.2) is 0 Å². The molecule has 0 bridgehead atoms. The van der Waals surface area contributed by atoms with E-state index in [0.29, 0.717) is 11.6 Å². The summed E-state index contributed by atoms with van der Waals surface area (Å²) in [5.74, 6) is 0.544. The zero-order chi connectivity index (χ0) is 11.1. The number of ether oxygens (including phenoxy) is 1. The van der Waals surface area contributed by atoms with E-state index >= 15 is 0 Å². The van der Waals surface area contributed by atoms with Gasteiger partial charge in [0.1, 0.15) is 0 Å². The van der Waals surface area contributed by atoms with Crippen LogP contribution >= 0.6 is 0 Å². The number of pyridine rings is 1. The molecule has 0 fully saturated rings. The van der Waals surface area contributed by atoms with Crippen molar-refractivity contribution in [1.82, 2.24) is 10.5 Å². The number of hydrogen-bond donors (Lipinski definition) is 2. The molecule has 0 saturated carbocycles. The van der Waals surface area contributed by atoms with E-state index in [-0.39, 0.29) is 13.2 Å². The summed E-state index contributed by atoms with van der Waals surface area (Å²) in [5.41, 5.74) is 3.98. The van der Waals surface area contributed by atoms with E-state index in [4.69, 9.17) is 14.7 Å². The summed E-state index contributed by atoms with van der Waals surface area (Å²) in [6.07, 6.45) is 1.62. The molecule has 0 unspecified atom stereocenters. The van der Waals surface area contributed by atoms with E-state index in [1.807, 2.05) is 6.07 Å². The van der Waals surface area contributed by atoms with Crippen LogP contribution in [-0.2, 0) is 4.84 Å². The molecule has 0 atom stereocenters. The monoisotopic (exact) mass is 210 g/mol. The summed E-state index contributed by atoms with van der Waals surface area (Å²) in [4.78, 5) is 8.92. The third kappa shape index (κ3) is 3.57. The van der Waals surface area contributed by atoms with E-state index in [2.05, 4.69) is 17.0 Å². The van der Waals surface area contributed by atoms with Gasteiger partial charge in [-0.3, -0.25) is 10.3 Å². The Bertz CT molecular complexity index is 311. The summed E-state index contributed by atoms with van der Waals surface area (Å²) in [6, 6.07) is 3.54. The lowest BCUT2D eigenvalue weighted by Crippen LogP contribution is -2.15. The number of hydroxylamine groups is 1. The van der Waals surface area contributed by atoms with Gasteiger partial charge in [-0.15, -0.1) is 0 Å². The highest BCUT2D eigenvalue weighted by Crippen LogP contribution is 2.11. The van der Waals surface area contributed by atoms with E-state index in [1.54, 1.807) is 19.4 Å². The SMILES string of the molecule is C=C(NOCCO)c1ccc(OC)nc1. The van der Waals surface area contributed by atoms with Crippen molar-refractivity contribution in [3.8, 4) is 5.88 Å². The van der Waals surface area contributed by atoms with Crippen molar-refractivity contribution in [3.05, 3.63) is 30.5 Å².